The van der Waals surface area contributed by atoms with E-state index in [4.69, 9.17) is 9.47 Å². The number of hydrogen-bond donors (Lipinski definition) is 0. The van der Waals surface area contributed by atoms with Crippen molar-refractivity contribution in [2.24, 2.45) is 0 Å². The average molecular weight is 274 g/mol. The number of thiophene rings is 1. The van der Waals surface area contributed by atoms with Crippen LogP contribution in [0.3, 0.4) is 0 Å². The number of hydrogen-bond acceptors (Lipinski definition) is 4. The fourth-order valence-electron chi connectivity index (χ4n) is 2.09. The largest absolute Gasteiger partial charge is 0.488 e. The number of rotatable bonds is 4. The van der Waals surface area contributed by atoms with E-state index in [2.05, 4.69) is 6.07 Å². The number of carbonyl (C=O) groups excluding carboxylic acids is 1. The van der Waals surface area contributed by atoms with E-state index in [1.54, 1.807) is 11.3 Å². The highest BCUT2D eigenvalue weighted by Gasteiger charge is 2.24. The molecule has 98 valence electrons. The van der Waals surface area contributed by atoms with Crippen LogP contribution in [0.15, 0.2) is 41.8 Å². The smallest absolute Gasteiger partial charge is 0.306 e. The van der Waals surface area contributed by atoms with Crippen molar-refractivity contribution in [2.75, 3.05) is 0 Å². The fraction of sp³-hybridized carbons (Fsp3) is 0.267. The van der Waals surface area contributed by atoms with E-state index < -0.39 is 0 Å². The van der Waals surface area contributed by atoms with Gasteiger partial charge < -0.3 is 9.47 Å². The van der Waals surface area contributed by atoms with Crippen molar-refractivity contribution in [2.45, 2.75) is 25.6 Å². The minimum absolute atomic E-state index is 0.0844. The summed E-state index contributed by atoms with van der Waals surface area (Å²) in [6.07, 6.45) is 1.20. The molecule has 0 amide bonds. The number of benzene rings is 1. The van der Waals surface area contributed by atoms with Gasteiger partial charge in [-0.2, -0.15) is 0 Å². The minimum Gasteiger partial charge on any atom is -0.488 e. The first-order valence-corrected chi connectivity index (χ1v) is 7.14. The highest BCUT2D eigenvalue weighted by atomic mass is 32.1. The first-order chi connectivity index (χ1) is 9.31. The van der Waals surface area contributed by atoms with Gasteiger partial charge in [-0.05, 0) is 35.6 Å². The molecular formula is C15H14O3S. The van der Waals surface area contributed by atoms with E-state index in [0.29, 0.717) is 13.0 Å². The van der Waals surface area contributed by atoms with Crippen LogP contribution in [0.4, 0.5) is 0 Å². The number of cyclic esters (lactones) is 1. The van der Waals surface area contributed by atoms with Gasteiger partial charge in [0.25, 0.3) is 0 Å². The Morgan fingerprint density at radius 2 is 2.11 bits per heavy atom. The number of ether oxygens (including phenoxy) is 2. The zero-order chi connectivity index (χ0) is 13.1. The second-order valence-electron chi connectivity index (χ2n) is 4.45. The molecule has 3 nitrogen and oxygen atoms in total. The molecule has 2 aromatic rings. The van der Waals surface area contributed by atoms with Crippen LogP contribution in [0.25, 0.3) is 0 Å². The van der Waals surface area contributed by atoms with Gasteiger partial charge in [0.05, 0.1) is 0 Å². The monoisotopic (exact) mass is 274 g/mol. The molecule has 0 radical (unpaired) electrons. The molecule has 0 saturated carbocycles. The molecule has 2 heterocycles. The molecule has 1 aromatic carbocycles. The molecule has 1 aromatic heterocycles. The third-order valence-corrected chi connectivity index (χ3v) is 3.95. The van der Waals surface area contributed by atoms with Crippen LogP contribution in [0.1, 0.15) is 29.4 Å². The fourth-order valence-corrected chi connectivity index (χ4v) is 2.70. The van der Waals surface area contributed by atoms with Crippen molar-refractivity contribution in [3.8, 4) is 5.75 Å². The summed E-state index contributed by atoms with van der Waals surface area (Å²) >= 11 is 1.68. The normalized spacial score (nSPS) is 18.3. The predicted octanol–water partition coefficient (Wildman–Crippen LogP) is 3.71. The lowest BCUT2D eigenvalue weighted by atomic mass is 10.1. The van der Waals surface area contributed by atoms with Crippen LogP contribution in [-0.4, -0.2) is 5.97 Å². The predicted molar refractivity (Wildman–Crippen MR) is 73.2 cm³/mol. The lowest BCUT2D eigenvalue weighted by molar-refractivity contribution is -0.141. The summed E-state index contributed by atoms with van der Waals surface area (Å²) in [5.41, 5.74) is 1.04. The van der Waals surface area contributed by atoms with Crippen LogP contribution >= 0.6 is 11.3 Å². The van der Waals surface area contributed by atoms with Gasteiger partial charge in [-0.1, -0.05) is 18.2 Å². The van der Waals surface area contributed by atoms with Crippen LogP contribution in [0.5, 0.6) is 5.75 Å². The molecule has 0 N–H and O–H groups in total. The Morgan fingerprint density at radius 3 is 2.74 bits per heavy atom. The maximum Gasteiger partial charge on any atom is 0.306 e. The molecule has 1 aliphatic rings. The molecule has 4 heteroatoms. The van der Waals surface area contributed by atoms with Crippen molar-refractivity contribution in [3.05, 3.63) is 52.2 Å². The van der Waals surface area contributed by atoms with Crippen LogP contribution in [0, 0.1) is 0 Å². The SMILES string of the molecule is O=C1CCC(c2ccc(OCc3cccs3)cc2)O1. The summed E-state index contributed by atoms with van der Waals surface area (Å²) < 4.78 is 10.9. The molecule has 1 fully saturated rings. The Labute approximate surface area is 115 Å². The molecule has 1 unspecified atom stereocenters. The quantitative estimate of drug-likeness (QED) is 0.797. The van der Waals surface area contributed by atoms with E-state index in [1.807, 2.05) is 35.7 Å². The number of carbonyl (C=O) groups is 1. The van der Waals surface area contributed by atoms with Crippen LogP contribution in [0.2, 0.25) is 0 Å². The lowest BCUT2D eigenvalue weighted by Gasteiger charge is -2.10. The molecule has 1 atom stereocenters. The maximum atomic E-state index is 11.1. The summed E-state index contributed by atoms with van der Waals surface area (Å²) in [5.74, 6) is 0.726. The van der Waals surface area contributed by atoms with Gasteiger partial charge in [-0.3, -0.25) is 4.79 Å². The van der Waals surface area contributed by atoms with Gasteiger partial charge in [0.1, 0.15) is 18.5 Å². The Balaban J connectivity index is 1.61. The molecule has 1 saturated heterocycles. The van der Waals surface area contributed by atoms with Gasteiger partial charge >= 0.3 is 5.97 Å². The first-order valence-electron chi connectivity index (χ1n) is 6.26. The molecule has 1 aliphatic heterocycles. The average Bonchev–Trinajstić information content (AvgIpc) is 3.08. The lowest BCUT2D eigenvalue weighted by Crippen LogP contribution is -1.99. The summed E-state index contributed by atoms with van der Waals surface area (Å²) in [6, 6.07) is 11.8. The highest BCUT2D eigenvalue weighted by molar-refractivity contribution is 7.09. The molecule has 0 bridgehead atoms. The zero-order valence-corrected chi connectivity index (χ0v) is 11.2. The molecular weight excluding hydrogens is 260 g/mol. The first kappa shape index (κ1) is 12.2. The Morgan fingerprint density at radius 1 is 1.26 bits per heavy atom. The van der Waals surface area contributed by atoms with E-state index in [1.165, 1.54) is 4.88 Å². The van der Waals surface area contributed by atoms with Gasteiger partial charge in [0.2, 0.25) is 0 Å². The molecule has 3 rings (SSSR count). The summed E-state index contributed by atoms with van der Waals surface area (Å²) in [7, 11) is 0. The highest BCUT2D eigenvalue weighted by Crippen LogP contribution is 2.30. The van der Waals surface area contributed by atoms with Gasteiger partial charge in [0.15, 0.2) is 0 Å². The summed E-state index contributed by atoms with van der Waals surface area (Å²) in [4.78, 5) is 12.3. The van der Waals surface area contributed by atoms with Crippen molar-refractivity contribution in [3.63, 3.8) is 0 Å². The topological polar surface area (TPSA) is 35.5 Å². The van der Waals surface area contributed by atoms with Gasteiger partial charge in [-0.25, -0.2) is 0 Å². The molecule has 0 aliphatic carbocycles. The third-order valence-electron chi connectivity index (χ3n) is 3.10. The van der Waals surface area contributed by atoms with Gasteiger partial charge in [0, 0.05) is 11.3 Å². The van der Waals surface area contributed by atoms with Crippen molar-refractivity contribution >= 4 is 17.3 Å². The van der Waals surface area contributed by atoms with Crippen LogP contribution in [-0.2, 0) is 16.1 Å². The molecule has 0 spiro atoms. The van der Waals surface area contributed by atoms with Crippen LogP contribution < -0.4 is 4.74 Å². The third kappa shape index (κ3) is 2.96. The van der Waals surface area contributed by atoms with Crippen molar-refractivity contribution < 1.29 is 14.3 Å². The van der Waals surface area contributed by atoms with E-state index >= 15 is 0 Å². The Hall–Kier alpha value is -1.81. The second-order valence-corrected chi connectivity index (χ2v) is 5.49. The van der Waals surface area contributed by atoms with Gasteiger partial charge in [-0.15, -0.1) is 11.3 Å². The van der Waals surface area contributed by atoms with E-state index in [9.17, 15) is 4.79 Å². The second kappa shape index (κ2) is 5.45. The maximum absolute atomic E-state index is 11.1. The Bertz CT molecular complexity index is 545. The molecule has 19 heavy (non-hydrogen) atoms. The number of esters is 1. The minimum atomic E-state index is -0.108. The Kier molecular flexibility index (Phi) is 3.51. The van der Waals surface area contributed by atoms with E-state index in [-0.39, 0.29) is 12.1 Å². The van der Waals surface area contributed by atoms with E-state index in [0.717, 1.165) is 17.7 Å². The van der Waals surface area contributed by atoms with Crippen molar-refractivity contribution in [1.82, 2.24) is 0 Å². The van der Waals surface area contributed by atoms with Crippen molar-refractivity contribution in [1.29, 1.82) is 0 Å². The zero-order valence-electron chi connectivity index (χ0n) is 10.4. The summed E-state index contributed by atoms with van der Waals surface area (Å²) in [5, 5.41) is 2.04. The summed E-state index contributed by atoms with van der Waals surface area (Å²) in [6.45, 7) is 0.593. The standard InChI is InChI=1S/C15H14O3S/c16-15-8-7-14(18-15)11-3-5-12(6-4-11)17-10-13-2-1-9-19-13/h1-6,9,14H,7-8,10H2.